The van der Waals surface area contributed by atoms with E-state index in [0.29, 0.717) is 18.6 Å². The highest BCUT2D eigenvalue weighted by molar-refractivity contribution is 5.77. The first-order chi connectivity index (χ1) is 10.1. The van der Waals surface area contributed by atoms with E-state index in [1.165, 1.54) is 18.4 Å². The van der Waals surface area contributed by atoms with Crippen LogP contribution in [0.25, 0.3) is 0 Å². The van der Waals surface area contributed by atoms with Crippen molar-refractivity contribution >= 4 is 5.91 Å². The lowest BCUT2D eigenvalue weighted by Gasteiger charge is -2.26. The van der Waals surface area contributed by atoms with Gasteiger partial charge in [0.25, 0.3) is 0 Å². The zero-order valence-electron chi connectivity index (χ0n) is 13.0. The fourth-order valence-electron chi connectivity index (χ4n) is 3.69. The van der Waals surface area contributed by atoms with Crippen molar-refractivity contribution in [3.8, 4) is 0 Å². The molecule has 4 heteroatoms. The van der Waals surface area contributed by atoms with E-state index in [4.69, 9.17) is 0 Å². The SMILES string of the molecule is CN(C)C(=O)CN1CC[C@H]2[C@H]1CCN2Cc1ccccc1. The van der Waals surface area contributed by atoms with Crippen molar-refractivity contribution in [3.05, 3.63) is 35.9 Å². The molecule has 2 aliphatic heterocycles. The standard InChI is InChI=1S/C17H25N3O/c1-18(2)17(21)13-20-11-9-15-16(20)8-10-19(15)12-14-6-4-3-5-7-14/h3-7,15-16H,8-13H2,1-2H3/t15-,16+/m0/s1. The Morgan fingerprint density at radius 2 is 1.71 bits per heavy atom. The molecule has 2 aliphatic rings. The zero-order valence-corrected chi connectivity index (χ0v) is 13.0. The zero-order chi connectivity index (χ0) is 14.8. The molecule has 3 rings (SSSR count). The number of hydrogen-bond donors (Lipinski definition) is 0. The molecule has 0 aliphatic carbocycles. The predicted molar refractivity (Wildman–Crippen MR) is 83.9 cm³/mol. The monoisotopic (exact) mass is 287 g/mol. The number of hydrogen-bond acceptors (Lipinski definition) is 3. The first kappa shape index (κ1) is 14.5. The van der Waals surface area contributed by atoms with Gasteiger partial charge in [0.15, 0.2) is 0 Å². The maximum Gasteiger partial charge on any atom is 0.236 e. The molecule has 0 radical (unpaired) electrons. The summed E-state index contributed by atoms with van der Waals surface area (Å²) in [4.78, 5) is 18.6. The van der Waals surface area contributed by atoms with Crippen LogP contribution in [0.15, 0.2) is 30.3 Å². The van der Waals surface area contributed by atoms with Gasteiger partial charge < -0.3 is 4.90 Å². The molecule has 0 aromatic heterocycles. The quantitative estimate of drug-likeness (QED) is 0.838. The molecule has 1 amide bonds. The third-order valence-corrected chi connectivity index (χ3v) is 4.87. The lowest BCUT2D eigenvalue weighted by Crippen LogP contribution is -2.41. The molecule has 4 nitrogen and oxygen atoms in total. The van der Waals surface area contributed by atoms with Crippen LogP contribution in [0.5, 0.6) is 0 Å². The third kappa shape index (κ3) is 3.11. The van der Waals surface area contributed by atoms with Crippen LogP contribution in [0.4, 0.5) is 0 Å². The van der Waals surface area contributed by atoms with Crippen LogP contribution in [0.1, 0.15) is 18.4 Å². The number of benzene rings is 1. The third-order valence-electron chi connectivity index (χ3n) is 4.87. The molecule has 1 aromatic carbocycles. The highest BCUT2D eigenvalue weighted by Crippen LogP contribution is 2.32. The van der Waals surface area contributed by atoms with E-state index >= 15 is 0 Å². The minimum absolute atomic E-state index is 0.220. The lowest BCUT2D eigenvalue weighted by molar-refractivity contribution is -0.130. The predicted octanol–water partition coefficient (Wildman–Crippen LogP) is 1.42. The Morgan fingerprint density at radius 3 is 2.38 bits per heavy atom. The van der Waals surface area contributed by atoms with E-state index < -0.39 is 0 Å². The summed E-state index contributed by atoms with van der Waals surface area (Å²) in [6.45, 7) is 3.82. The molecule has 0 bridgehead atoms. The molecular weight excluding hydrogens is 262 g/mol. The summed E-state index contributed by atoms with van der Waals surface area (Å²) in [5.74, 6) is 0.220. The first-order valence-electron chi connectivity index (χ1n) is 7.87. The Labute approximate surface area is 127 Å². The van der Waals surface area contributed by atoms with Crippen LogP contribution in [0.3, 0.4) is 0 Å². The van der Waals surface area contributed by atoms with Crippen molar-refractivity contribution in [3.63, 3.8) is 0 Å². The second kappa shape index (κ2) is 6.16. The average molecular weight is 287 g/mol. The molecule has 0 unspecified atom stereocenters. The highest BCUT2D eigenvalue weighted by Gasteiger charge is 2.42. The van der Waals surface area contributed by atoms with Gasteiger partial charge in [-0.3, -0.25) is 14.6 Å². The summed E-state index contributed by atoms with van der Waals surface area (Å²) in [6.07, 6.45) is 2.39. The fourth-order valence-corrected chi connectivity index (χ4v) is 3.69. The molecule has 114 valence electrons. The van der Waals surface area contributed by atoms with Gasteiger partial charge in [0.2, 0.25) is 5.91 Å². The van der Waals surface area contributed by atoms with Crippen molar-refractivity contribution in [2.45, 2.75) is 31.5 Å². The molecule has 2 atom stereocenters. The van der Waals surface area contributed by atoms with Crippen molar-refractivity contribution in [1.82, 2.24) is 14.7 Å². The Balaban J connectivity index is 1.60. The number of rotatable bonds is 4. The van der Waals surface area contributed by atoms with Gasteiger partial charge in [-0.05, 0) is 18.4 Å². The fraction of sp³-hybridized carbons (Fsp3) is 0.588. The van der Waals surface area contributed by atoms with Gasteiger partial charge in [-0.25, -0.2) is 0 Å². The van der Waals surface area contributed by atoms with Gasteiger partial charge in [0.1, 0.15) is 0 Å². The summed E-state index contributed by atoms with van der Waals surface area (Å²) < 4.78 is 0. The van der Waals surface area contributed by atoms with Crippen LogP contribution in [-0.2, 0) is 11.3 Å². The molecule has 0 saturated carbocycles. The van der Waals surface area contributed by atoms with E-state index in [1.54, 1.807) is 4.90 Å². The largest absolute Gasteiger partial charge is 0.348 e. The molecule has 2 fully saturated rings. The van der Waals surface area contributed by atoms with Crippen LogP contribution in [0.2, 0.25) is 0 Å². The smallest absolute Gasteiger partial charge is 0.236 e. The van der Waals surface area contributed by atoms with Crippen molar-refractivity contribution in [2.75, 3.05) is 33.7 Å². The van der Waals surface area contributed by atoms with Crippen molar-refractivity contribution in [1.29, 1.82) is 0 Å². The second-order valence-electron chi connectivity index (χ2n) is 6.43. The summed E-state index contributed by atoms with van der Waals surface area (Å²) in [5, 5.41) is 0. The van der Waals surface area contributed by atoms with E-state index in [9.17, 15) is 4.79 Å². The molecule has 1 aromatic rings. The number of likely N-dealkylation sites (tertiary alicyclic amines) is 2. The van der Waals surface area contributed by atoms with E-state index in [-0.39, 0.29) is 5.91 Å². The van der Waals surface area contributed by atoms with Gasteiger partial charge in [-0.15, -0.1) is 0 Å². The van der Waals surface area contributed by atoms with Gasteiger partial charge in [0, 0.05) is 45.8 Å². The Kier molecular flexibility index (Phi) is 4.27. The van der Waals surface area contributed by atoms with Crippen LogP contribution >= 0.6 is 0 Å². The number of carbonyl (C=O) groups is 1. The molecule has 2 saturated heterocycles. The van der Waals surface area contributed by atoms with E-state index in [2.05, 4.69) is 40.1 Å². The number of amides is 1. The molecule has 2 heterocycles. The molecular formula is C17H25N3O. The molecule has 0 N–H and O–H groups in total. The normalized spacial score (nSPS) is 26.0. The van der Waals surface area contributed by atoms with Gasteiger partial charge in [-0.2, -0.15) is 0 Å². The Bertz CT molecular complexity index is 488. The van der Waals surface area contributed by atoms with Gasteiger partial charge in [0.05, 0.1) is 6.54 Å². The Morgan fingerprint density at radius 1 is 1.10 bits per heavy atom. The topological polar surface area (TPSA) is 26.8 Å². The lowest BCUT2D eigenvalue weighted by atomic mass is 10.1. The highest BCUT2D eigenvalue weighted by atomic mass is 16.2. The number of carbonyl (C=O) groups excluding carboxylic acids is 1. The Hall–Kier alpha value is -1.39. The number of fused-ring (bicyclic) bond motifs is 1. The molecule has 21 heavy (non-hydrogen) atoms. The summed E-state index contributed by atoms with van der Waals surface area (Å²) in [6, 6.07) is 11.9. The minimum Gasteiger partial charge on any atom is -0.348 e. The molecule has 0 spiro atoms. The van der Waals surface area contributed by atoms with Crippen LogP contribution in [-0.4, -0.2) is 66.4 Å². The maximum atomic E-state index is 11.9. The maximum absolute atomic E-state index is 11.9. The average Bonchev–Trinajstić information content (AvgIpc) is 3.04. The minimum atomic E-state index is 0.220. The van der Waals surface area contributed by atoms with E-state index in [0.717, 1.165) is 19.6 Å². The van der Waals surface area contributed by atoms with Crippen molar-refractivity contribution in [2.24, 2.45) is 0 Å². The number of likely N-dealkylation sites (N-methyl/N-ethyl adjacent to an activating group) is 1. The van der Waals surface area contributed by atoms with Crippen LogP contribution in [0, 0.1) is 0 Å². The van der Waals surface area contributed by atoms with E-state index in [1.807, 2.05) is 14.1 Å². The van der Waals surface area contributed by atoms with Crippen molar-refractivity contribution < 1.29 is 4.79 Å². The second-order valence-corrected chi connectivity index (χ2v) is 6.43. The van der Waals surface area contributed by atoms with Crippen LogP contribution < -0.4 is 0 Å². The first-order valence-corrected chi connectivity index (χ1v) is 7.87. The van der Waals surface area contributed by atoms with Gasteiger partial charge >= 0.3 is 0 Å². The van der Waals surface area contributed by atoms with Gasteiger partial charge in [-0.1, -0.05) is 30.3 Å². The summed E-state index contributed by atoms with van der Waals surface area (Å²) in [7, 11) is 3.68. The summed E-state index contributed by atoms with van der Waals surface area (Å²) >= 11 is 0. The number of nitrogens with zero attached hydrogens (tertiary/aromatic N) is 3. The summed E-state index contributed by atoms with van der Waals surface area (Å²) in [5.41, 5.74) is 1.39.